The molecule has 0 aromatic carbocycles. The van der Waals surface area contributed by atoms with Crippen molar-refractivity contribution >= 4 is 11.9 Å². The second-order valence-corrected chi connectivity index (χ2v) is 3.06. The van der Waals surface area contributed by atoms with Gasteiger partial charge in [-0.15, -0.1) is 0 Å². The van der Waals surface area contributed by atoms with Crippen LogP contribution in [0, 0.1) is 5.41 Å². The van der Waals surface area contributed by atoms with E-state index in [1.54, 1.807) is 0 Å². The van der Waals surface area contributed by atoms with Crippen molar-refractivity contribution in [2.75, 3.05) is 0 Å². The first kappa shape index (κ1) is 12.5. The minimum Gasteiger partial charge on any atom is -0.480 e. The van der Waals surface area contributed by atoms with Crippen molar-refractivity contribution in [3.05, 3.63) is 0 Å². The Morgan fingerprint density at radius 1 is 1.08 bits per heavy atom. The van der Waals surface area contributed by atoms with E-state index < -0.39 is 23.0 Å². The molecule has 1 saturated carbocycles. The van der Waals surface area contributed by atoms with Crippen molar-refractivity contribution < 1.29 is 40.9 Å². The van der Waals surface area contributed by atoms with Crippen LogP contribution in [0.25, 0.3) is 0 Å². The van der Waals surface area contributed by atoms with Crippen LogP contribution in [-0.4, -0.2) is 27.8 Å². The smallest absolute Gasteiger partial charge is 0.324 e. The van der Waals surface area contributed by atoms with Crippen LogP contribution in [0.4, 0.5) is 0 Å². The van der Waals surface area contributed by atoms with E-state index in [2.05, 4.69) is 0 Å². The maximum absolute atomic E-state index is 10.6. The molecule has 13 heavy (non-hydrogen) atoms. The molecule has 0 bridgehead atoms. The summed E-state index contributed by atoms with van der Waals surface area (Å²) in [6.45, 7) is 0. The molecule has 0 unspecified atom stereocenters. The van der Waals surface area contributed by atoms with Crippen LogP contribution < -0.4 is 11.5 Å². The summed E-state index contributed by atoms with van der Waals surface area (Å²) < 4.78 is 0. The van der Waals surface area contributed by atoms with Gasteiger partial charge in [0.25, 0.3) is 0 Å². The van der Waals surface area contributed by atoms with Gasteiger partial charge in [0.2, 0.25) is 0 Å². The summed E-state index contributed by atoms with van der Waals surface area (Å²) in [7, 11) is 0. The molecule has 1 rings (SSSR count). The van der Waals surface area contributed by atoms with E-state index >= 15 is 0 Å². The Labute approximate surface area is 88.5 Å². The van der Waals surface area contributed by atoms with E-state index in [9.17, 15) is 9.59 Å². The number of hydrogen-bond donors (Lipinski definition) is 4. The maximum Gasteiger partial charge on any atom is 0.324 e. The zero-order chi connectivity index (χ0) is 9.57. The van der Waals surface area contributed by atoms with Crippen LogP contribution in [0.5, 0.6) is 0 Å². The quantitative estimate of drug-likeness (QED) is 0.348. The molecular formula is C6H10N2O4Pt. The number of nitrogens with two attached hydrogens (primary N) is 2. The van der Waals surface area contributed by atoms with Gasteiger partial charge in [0.05, 0.1) is 5.66 Å². The van der Waals surface area contributed by atoms with Gasteiger partial charge in [-0.25, -0.2) is 0 Å². The fourth-order valence-electron chi connectivity index (χ4n) is 1.37. The van der Waals surface area contributed by atoms with E-state index in [1.165, 1.54) is 0 Å². The van der Waals surface area contributed by atoms with Crippen LogP contribution >= 0.6 is 0 Å². The molecule has 0 spiro atoms. The minimum absolute atomic E-state index is 0. The number of carbonyl (C=O) groups is 2. The Bertz CT molecular complexity index is 239. The van der Waals surface area contributed by atoms with E-state index in [1.807, 2.05) is 0 Å². The van der Waals surface area contributed by atoms with Gasteiger partial charge in [0.1, 0.15) is 0 Å². The van der Waals surface area contributed by atoms with E-state index in [0.717, 1.165) is 0 Å². The Kier molecular flexibility index (Phi) is 3.25. The molecular weight excluding hydrogens is 359 g/mol. The average Bonchev–Trinajstić information content (AvgIpc) is 1.84. The van der Waals surface area contributed by atoms with Gasteiger partial charge in [-0.1, -0.05) is 0 Å². The largest absolute Gasteiger partial charge is 0.480 e. The zero-order valence-electron chi connectivity index (χ0n) is 6.60. The second-order valence-electron chi connectivity index (χ2n) is 3.06. The third-order valence-corrected chi connectivity index (χ3v) is 2.44. The molecule has 0 aromatic rings. The molecule has 1 aliphatic rings. The van der Waals surface area contributed by atoms with Gasteiger partial charge >= 0.3 is 11.9 Å². The molecule has 0 atom stereocenters. The van der Waals surface area contributed by atoms with E-state index in [-0.39, 0.29) is 33.9 Å². The number of hydrogen-bond acceptors (Lipinski definition) is 4. The first-order valence-electron chi connectivity index (χ1n) is 3.39. The predicted octanol–water partition coefficient (Wildman–Crippen LogP) is -1.45. The SMILES string of the molecule is NC1(N)CCC1(C(=O)O)C(=O)O.[Pt]. The summed E-state index contributed by atoms with van der Waals surface area (Å²) in [5, 5.41) is 17.3. The van der Waals surface area contributed by atoms with Crippen molar-refractivity contribution in [2.45, 2.75) is 18.5 Å². The Hall–Kier alpha value is -0.452. The summed E-state index contributed by atoms with van der Waals surface area (Å²) in [6, 6.07) is 0. The van der Waals surface area contributed by atoms with Crippen LogP contribution in [-0.2, 0) is 30.7 Å². The van der Waals surface area contributed by atoms with E-state index in [4.69, 9.17) is 21.7 Å². The van der Waals surface area contributed by atoms with Crippen molar-refractivity contribution in [3.8, 4) is 0 Å². The van der Waals surface area contributed by atoms with Crippen LogP contribution in [0.3, 0.4) is 0 Å². The first-order valence-corrected chi connectivity index (χ1v) is 3.39. The van der Waals surface area contributed by atoms with Crippen molar-refractivity contribution in [1.29, 1.82) is 0 Å². The summed E-state index contributed by atoms with van der Waals surface area (Å²) in [5.74, 6) is -2.93. The third-order valence-electron chi connectivity index (χ3n) is 2.44. The number of aliphatic carboxylic acids is 2. The second kappa shape index (κ2) is 3.36. The molecule has 0 aromatic heterocycles. The molecule has 0 heterocycles. The fraction of sp³-hybridized carbons (Fsp3) is 0.667. The van der Waals surface area contributed by atoms with Gasteiger partial charge in [-0.2, -0.15) is 0 Å². The van der Waals surface area contributed by atoms with Crippen LogP contribution in [0.2, 0.25) is 0 Å². The molecule has 0 aliphatic heterocycles. The van der Waals surface area contributed by atoms with Gasteiger partial charge in [0.15, 0.2) is 5.41 Å². The summed E-state index contributed by atoms with van der Waals surface area (Å²) in [5.41, 5.74) is 7.02. The molecule has 0 saturated heterocycles. The topological polar surface area (TPSA) is 127 Å². The molecule has 78 valence electrons. The Balaban J connectivity index is 0.00000144. The van der Waals surface area contributed by atoms with Crippen molar-refractivity contribution in [1.82, 2.24) is 0 Å². The minimum atomic E-state index is -1.99. The average molecular weight is 369 g/mol. The number of carboxylic acid groups (broad SMARTS) is 2. The summed E-state index contributed by atoms with van der Waals surface area (Å²) in [4.78, 5) is 21.2. The van der Waals surface area contributed by atoms with Gasteiger partial charge in [0, 0.05) is 21.1 Å². The predicted molar refractivity (Wildman–Crippen MR) is 38.0 cm³/mol. The molecule has 6 nitrogen and oxygen atoms in total. The molecule has 0 amide bonds. The van der Waals surface area contributed by atoms with E-state index in [0.29, 0.717) is 0 Å². The monoisotopic (exact) mass is 369 g/mol. The maximum atomic E-state index is 10.6. The number of rotatable bonds is 2. The van der Waals surface area contributed by atoms with Crippen LogP contribution in [0.15, 0.2) is 0 Å². The van der Waals surface area contributed by atoms with Gasteiger partial charge in [-0.05, 0) is 12.8 Å². The third kappa shape index (κ3) is 1.39. The van der Waals surface area contributed by atoms with Crippen molar-refractivity contribution in [3.63, 3.8) is 0 Å². The number of carboxylic acids is 2. The molecule has 0 radical (unpaired) electrons. The molecule has 6 N–H and O–H groups in total. The zero-order valence-corrected chi connectivity index (χ0v) is 8.87. The summed E-state index contributed by atoms with van der Waals surface area (Å²) in [6.07, 6.45) is 0.205. The van der Waals surface area contributed by atoms with Gasteiger partial charge in [-0.3, -0.25) is 9.59 Å². The molecule has 1 aliphatic carbocycles. The Morgan fingerprint density at radius 3 is 1.46 bits per heavy atom. The fourth-order valence-corrected chi connectivity index (χ4v) is 1.37. The molecule has 1 fully saturated rings. The summed E-state index contributed by atoms with van der Waals surface area (Å²) >= 11 is 0. The standard InChI is InChI=1S/C6H10N2O4.Pt/c7-6(8)2-1-5(6,3(9)10)4(11)12;/h1-2,7-8H2,(H,9,10)(H,11,12);. The Morgan fingerprint density at radius 2 is 1.46 bits per heavy atom. The van der Waals surface area contributed by atoms with Crippen LogP contribution in [0.1, 0.15) is 12.8 Å². The van der Waals surface area contributed by atoms with Gasteiger partial charge < -0.3 is 21.7 Å². The first-order chi connectivity index (χ1) is 5.34. The molecule has 7 heteroatoms. The normalized spacial score (nSPS) is 22.3. The van der Waals surface area contributed by atoms with Crippen molar-refractivity contribution in [2.24, 2.45) is 16.9 Å².